The van der Waals surface area contributed by atoms with Crippen LogP contribution < -0.4 is 5.73 Å². The van der Waals surface area contributed by atoms with Crippen LogP contribution in [0.5, 0.6) is 0 Å². The number of hydrogen-bond acceptors (Lipinski definition) is 1. The fraction of sp³-hybridized carbons (Fsp3) is 1.00. The molecule has 1 fully saturated rings. The molecule has 9 heavy (non-hydrogen) atoms. The van der Waals surface area contributed by atoms with Gasteiger partial charge in [0.15, 0.2) is 0 Å². The van der Waals surface area contributed by atoms with Crippen LogP contribution in [0.4, 0.5) is 0 Å². The Bertz CT molecular complexity index is 96.7. The Morgan fingerprint density at radius 2 is 2.33 bits per heavy atom. The minimum atomic E-state index is 0.190. The zero-order valence-corrected chi connectivity index (χ0v) is 6.48. The fourth-order valence-electron chi connectivity index (χ4n) is 1.63. The molecule has 54 valence electrons. The highest BCUT2D eigenvalue weighted by Crippen LogP contribution is 2.38. The van der Waals surface area contributed by atoms with E-state index in [0.29, 0.717) is 0 Å². The Balaban J connectivity index is 2.28. The van der Waals surface area contributed by atoms with Gasteiger partial charge in [0, 0.05) is 5.54 Å². The third kappa shape index (κ3) is 1.26. The Labute approximate surface area is 57.6 Å². The van der Waals surface area contributed by atoms with Crippen molar-refractivity contribution in [3.8, 4) is 0 Å². The van der Waals surface area contributed by atoms with Crippen LogP contribution in [-0.2, 0) is 0 Å². The fourth-order valence-corrected chi connectivity index (χ4v) is 1.63. The Hall–Kier alpha value is -0.0400. The molecule has 2 unspecified atom stereocenters. The first-order valence-corrected chi connectivity index (χ1v) is 3.95. The summed E-state index contributed by atoms with van der Waals surface area (Å²) in [6.45, 7) is 4.41. The van der Waals surface area contributed by atoms with Crippen molar-refractivity contribution in [2.45, 2.75) is 45.1 Å². The molecule has 1 aliphatic rings. The van der Waals surface area contributed by atoms with Crippen LogP contribution in [0.15, 0.2) is 0 Å². The van der Waals surface area contributed by atoms with E-state index in [4.69, 9.17) is 5.73 Å². The van der Waals surface area contributed by atoms with E-state index in [2.05, 4.69) is 13.8 Å². The lowest BCUT2D eigenvalue weighted by molar-refractivity contribution is 0.136. The molecule has 1 rings (SSSR count). The molecule has 0 radical (unpaired) electrons. The van der Waals surface area contributed by atoms with Crippen LogP contribution >= 0.6 is 0 Å². The van der Waals surface area contributed by atoms with Gasteiger partial charge in [0.05, 0.1) is 0 Å². The first kappa shape index (κ1) is 7.07. The van der Waals surface area contributed by atoms with Gasteiger partial charge in [-0.1, -0.05) is 13.3 Å². The summed E-state index contributed by atoms with van der Waals surface area (Å²) in [6.07, 6.45) is 5.21. The van der Waals surface area contributed by atoms with E-state index in [9.17, 15) is 0 Å². The first-order valence-electron chi connectivity index (χ1n) is 3.95. The van der Waals surface area contributed by atoms with E-state index in [1.54, 1.807) is 0 Å². The van der Waals surface area contributed by atoms with Crippen molar-refractivity contribution in [2.24, 2.45) is 11.7 Å². The van der Waals surface area contributed by atoms with Gasteiger partial charge in [0.1, 0.15) is 0 Å². The van der Waals surface area contributed by atoms with E-state index in [1.165, 1.54) is 25.7 Å². The van der Waals surface area contributed by atoms with Gasteiger partial charge in [-0.3, -0.25) is 0 Å². The largest absolute Gasteiger partial charge is 0.325 e. The van der Waals surface area contributed by atoms with Gasteiger partial charge in [0.25, 0.3) is 0 Å². The predicted octanol–water partition coefficient (Wildman–Crippen LogP) is 1.91. The van der Waals surface area contributed by atoms with E-state index in [1.807, 2.05) is 0 Å². The molecule has 0 bridgehead atoms. The van der Waals surface area contributed by atoms with Crippen LogP contribution in [-0.4, -0.2) is 5.54 Å². The second kappa shape index (κ2) is 2.30. The average molecular weight is 127 g/mol. The van der Waals surface area contributed by atoms with E-state index in [-0.39, 0.29) is 5.54 Å². The molecule has 1 heteroatoms. The first-order chi connectivity index (χ1) is 4.17. The summed E-state index contributed by atoms with van der Waals surface area (Å²) in [7, 11) is 0. The summed E-state index contributed by atoms with van der Waals surface area (Å²) < 4.78 is 0. The van der Waals surface area contributed by atoms with Crippen LogP contribution in [0, 0.1) is 5.92 Å². The molecule has 2 atom stereocenters. The molecule has 2 N–H and O–H groups in total. The lowest BCUT2D eigenvalue weighted by atomic mass is 9.67. The third-order valence-electron chi connectivity index (χ3n) is 2.60. The highest BCUT2D eigenvalue weighted by molar-refractivity contribution is 4.95. The van der Waals surface area contributed by atoms with E-state index in [0.717, 1.165) is 5.92 Å². The standard InChI is InChI=1S/C8H17N/c1-3-4-7-5-6-8(7,2)9/h7H,3-6,9H2,1-2H3. The maximum Gasteiger partial charge on any atom is 0.0154 e. The molecule has 0 spiro atoms. The number of rotatable bonds is 2. The predicted molar refractivity (Wildman–Crippen MR) is 40.2 cm³/mol. The number of nitrogens with two attached hydrogens (primary N) is 1. The normalized spacial score (nSPS) is 42.3. The summed E-state index contributed by atoms with van der Waals surface area (Å²) >= 11 is 0. The highest BCUT2D eigenvalue weighted by Gasteiger charge is 2.37. The van der Waals surface area contributed by atoms with Gasteiger partial charge >= 0.3 is 0 Å². The van der Waals surface area contributed by atoms with Crippen LogP contribution in [0.1, 0.15) is 39.5 Å². The number of hydrogen-bond donors (Lipinski definition) is 1. The second-order valence-electron chi connectivity index (χ2n) is 3.53. The second-order valence-corrected chi connectivity index (χ2v) is 3.53. The molecule has 0 amide bonds. The molecule has 0 aliphatic heterocycles. The monoisotopic (exact) mass is 127 g/mol. The van der Waals surface area contributed by atoms with Crippen molar-refractivity contribution in [3.05, 3.63) is 0 Å². The molecule has 0 aromatic rings. The van der Waals surface area contributed by atoms with Gasteiger partial charge in [-0.2, -0.15) is 0 Å². The van der Waals surface area contributed by atoms with Crippen molar-refractivity contribution in [1.82, 2.24) is 0 Å². The van der Waals surface area contributed by atoms with E-state index < -0.39 is 0 Å². The third-order valence-corrected chi connectivity index (χ3v) is 2.60. The van der Waals surface area contributed by atoms with Crippen LogP contribution in [0.3, 0.4) is 0 Å². The van der Waals surface area contributed by atoms with Crippen molar-refractivity contribution in [2.75, 3.05) is 0 Å². The minimum Gasteiger partial charge on any atom is -0.325 e. The molecule has 0 aromatic heterocycles. The zero-order chi connectivity index (χ0) is 6.91. The minimum absolute atomic E-state index is 0.190. The molecular formula is C8H17N. The van der Waals surface area contributed by atoms with Gasteiger partial charge in [-0.25, -0.2) is 0 Å². The van der Waals surface area contributed by atoms with Crippen molar-refractivity contribution in [1.29, 1.82) is 0 Å². The molecule has 0 heterocycles. The summed E-state index contributed by atoms with van der Waals surface area (Å²) in [6, 6.07) is 0. The van der Waals surface area contributed by atoms with Crippen LogP contribution in [0.2, 0.25) is 0 Å². The van der Waals surface area contributed by atoms with Gasteiger partial charge < -0.3 is 5.73 Å². The quantitative estimate of drug-likeness (QED) is 0.602. The topological polar surface area (TPSA) is 26.0 Å². The molecular weight excluding hydrogens is 110 g/mol. The van der Waals surface area contributed by atoms with E-state index >= 15 is 0 Å². The van der Waals surface area contributed by atoms with Crippen molar-refractivity contribution >= 4 is 0 Å². The Morgan fingerprint density at radius 3 is 2.44 bits per heavy atom. The van der Waals surface area contributed by atoms with Crippen molar-refractivity contribution < 1.29 is 0 Å². The Kier molecular flexibility index (Phi) is 1.80. The summed E-state index contributed by atoms with van der Waals surface area (Å²) in [5.74, 6) is 0.822. The SMILES string of the molecule is CCCC1CCC1(C)N. The molecule has 0 aromatic carbocycles. The Morgan fingerprint density at radius 1 is 1.67 bits per heavy atom. The molecule has 1 saturated carbocycles. The zero-order valence-electron chi connectivity index (χ0n) is 6.48. The average Bonchev–Trinajstić information content (AvgIpc) is 1.81. The maximum absolute atomic E-state index is 5.95. The maximum atomic E-state index is 5.95. The van der Waals surface area contributed by atoms with Gasteiger partial charge in [-0.15, -0.1) is 0 Å². The summed E-state index contributed by atoms with van der Waals surface area (Å²) in [4.78, 5) is 0. The van der Waals surface area contributed by atoms with Crippen molar-refractivity contribution in [3.63, 3.8) is 0 Å². The lowest BCUT2D eigenvalue weighted by Crippen LogP contribution is -2.52. The summed E-state index contributed by atoms with van der Waals surface area (Å²) in [5.41, 5.74) is 6.14. The van der Waals surface area contributed by atoms with Gasteiger partial charge in [-0.05, 0) is 32.1 Å². The summed E-state index contributed by atoms with van der Waals surface area (Å²) in [5, 5.41) is 0. The van der Waals surface area contributed by atoms with Crippen LogP contribution in [0.25, 0.3) is 0 Å². The lowest BCUT2D eigenvalue weighted by Gasteiger charge is -2.44. The molecule has 1 aliphatic carbocycles. The smallest absolute Gasteiger partial charge is 0.0154 e. The highest BCUT2D eigenvalue weighted by atomic mass is 14.8. The molecule has 0 saturated heterocycles. The van der Waals surface area contributed by atoms with Gasteiger partial charge in [0.2, 0.25) is 0 Å². The molecule has 1 nitrogen and oxygen atoms in total.